The fourth-order valence-electron chi connectivity index (χ4n) is 3.13. The summed E-state index contributed by atoms with van der Waals surface area (Å²) in [6, 6.07) is 6.76. The molecular formula is C17H23N3O. The van der Waals surface area contributed by atoms with Gasteiger partial charge in [-0.2, -0.15) is 4.98 Å². The van der Waals surface area contributed by atoms with Crippen LogP contribution in [0, 0.1) is 19.8 Å². The third-order valence-corrected chi connectivity index (χ3v) is 4.09. The third kappa shape index (κ3) is 3.50. The van der Waals surface area contributed by atoms with E-state index >= 15 is 0 Å². The largest absolute Gasteiger partial charge is 0.338 e. The van der Waals surface area contributed by atoms with E-state index < -0.39 is 0 Å². The first kappa shape index (κ1) is 14.3. The maximum absolute atomic E-state index is 5.46. The fraction of sp³-hybridized carbons (Fsp3) is 0.529. The van der Waals surface area contributed by atoms with Gasteiger partial charge in [0.05, 0.1) is 6.04 Å². The van der Waals surface area contributed by atoms with Crippen molar-refractivity contribution in [3.05, 3.63) is 46.6 Å². The van der Waals surface area contributed by atoms with Gasteiger partial charge in [0.1, 0.15) is 0 Å². The predicted octanol–water partition coefficient (Wildman–Crippen LogP) is 3.34. The Morgan fingerprint density at radius 2 is 2.00 bits per heavy atom. The first-order chi connectivity index (χ1) is 10.1. The molecule has 2 aromatic rings. The molecule has 1 aromatic carbocycles. The van der Waals surface area contributed by atoms with Crippen LogP contribution in [-0.4, -0.2) is 16.7 Å². The van der Waals surface area contributed by atoms with Gasteiger partial charge in [0.25, 0.3) is 0 Å². The van der Waals surface area contributed by atoms with Crippen LogP contribution in [0.5, 0.6) is 0 Å². The molecule has 1 saturated heterocycles. The summed E-state index contributed by atoms with van der Waals surface area (Å²) in [6.07, 6.45) is 3.03. The highest BCUT2D eigenvalue weighted by Crippen LogP contribution is 2.26. The van der Waals surface area contributed by atoms with Crippen molar-refractivity contribution in [3.63, 3.8) is 0 Å². The van der Waals surface area contributed by atoms with Crippen LogP contribution in [0.15, 0.2) is 22.7 Å². The van der Waals surface area contributed by atoms with Crippen molar-refractivity contribution in [2.24, 2.45) is 5.92 Å². The van der Waals surface area contributed by atoms with Crippen molar-refractivity contribution < 1.29 is 4.52 Å². The SMILES string of the molecule is Cc1cc(C)cc(Cc2noc(C3CC(C)CCN3)n2)c1. The van der Waals surface area contributed by atoms with Crippen LogP contribution in [0.2, 0.25) is 0 Å². The Morgan fingerprint density at radius 1 is 1.24 bits per heavy atom. The van der Waals surface area contributed by atoms with E-state index in [1.54, 1.807) is 0 Å². The number of hydrogen-bond acceptors (Lipinski definition) is 4. The van der Waals surface area contributed by atoms with E-state index in [0.717, 1.165) is 31.1 Å². The van der Waals surface area contributed by atoms with Gasteiger partial charge in [0, 0.05) is 6.42 Å². The monoisotopic (exact) mass is 285 g/mol. The Morgan fingerprint density at radius 3 is 2.71 bits per heavy atom. The molecule has 21 heavy (non-hydrogen) atoms. The van der Waals surface area contributed by atoms with Crippen LogP contribution in [0.3, 0.4) is 0 Å². The van der Waals surface area contributed by atoms with Crippen LogP contribution in [0.25, 0.3) is 0 Å². The summed E-state index contributed by atoms with van der Waals surface area (Å²) in [6.45, 7) is 7.54. The van der Waals surface area contributed by atoms with Crippen molar-refractivity contribution in [2.45, 2.75) is 46.1 Å². The molecule has 0 bridgehead atoms. The van der Waals surface area contributed by atoms with E-state index in [2.05, 4.69) is 54.4 Å². The molecule has 1 aromatic heterocycles. The van der Waals surface area contributed by atoms with Crippen LogP contribution < -0.4 is 5.32 Å². The Bertz CT molecular complexity index is 600. The van der Waals surface area contributed by atoms with E-state index in [0.29, 0.717) is 5.92 Å². The summed E-state index contributed by atoms with van der Waals surface area (Å²) >= 11 is 0. The molecule has 1 aliphatic heterocycles. The Balaban J connectivity index is 1.72. The molecule has 0 saturated carbocycles. The molecule has 3 rings (SSSR count). The maximum atomic E-state index is 5.46. The van der Waals surface area contributed by atoms with E-state index in [4.69, 9.17) is 4.52 Å². The Hall–Kier alpha value is -1.68. The fourth-order valence-corrected chi connectivity index (χ4v) is 3.13. The first-order valence-corrected chi connectivity index (χ1v) is 7.73. The second kappa shape index (κ2) is 5.98. The van der Waals surface area contributed by atoms with Gasteiger partial charge < -0.3 is 9.84 Å². The van der Waals surface area contributed by atoms with E-state index in [-0.39, 0.29) is 6.04 Å². The number of nitrogens with zero attached hydrogens (tertiary/aromatic N) is 2. The molecule has 1 aliphatic rings. The predicted molar refractivity (Wildman–Crippen MR) is 82.2 cm³/mol. The van der Waals surface area contributed by atoms with Gasteiger partial charge in [-0.1, -0.05) is 41.4 Å². The van der Waals surface area contributed by atoms with Gasteiger partial charge in [-0.05, 0) is 44.7 Å². The Labute approximate surface area is 126 Å². The van der Waals surface area contributed by atoms with Gasteiger partial charge in [-0.25, -0.2) is 0 Å². The van der Waals surface area contributed by atoms with Crippen molar-refractivity contribution >= 4 is 0 Å². The summed E-state index contributed by atoms with van der Waals surface area (Å²) < 4.78 is 5.46. The lowest BCUT2D eigenvalue weighted by Gasteiger charge is -2.25. The number of hydrogen-bond donors (Lipinski definition) is 1. The van der Waals surface area contributed by atoms with Gasteiger partial charge in [-0.3, -0.25) is 0 Å². The zero-order valence-corrected chi connectivity index (χ0v) is 13.0. The molecule has 1 fully saturated rings. The molecule has 4 heteroatoms. The number of benzene rings is 1. The highest BCUT2D eigenvalue weighted by atomic mass is 16.5. The highest BCUT2D eigenvalue weighted by molar-refractivity contribution is 5.30. The summed E-state index contributed by atoms with van der Waals surface area (Å²) in [4.78, 5) is 4.58. The quantitative estimate of drug-likeness (QED) is 0.939. The molecule has 2 unspecified atom stereocenters. The van der Waals surface area contributed by atoms with Crippen LogP contribution >= 0.6 is 0 Å². The van der Waals surface area contributed by atoms with Gasteiger partial charge in [-0.15, -0.1) is 0 Å². The van der Waals surface area contributed by atoms with Crippen molar-refractivity contribution in [1.29, 1.82) is 0 Å². The Kier molecular flexibility index (Phi) is 4.06. The molecule has 112 valence electrons. The minimum absolute atomic E-state index is 0.217. The van der Waals surface area contributed by atoms with Gasteiger partial charge >= 0.3 is 0 Å². The number of aromatic nitrogens is 2. The zero-order valence-electron chi connectivity index (χ0n) is 13.0. The molecule has 2 atom stereocenters. The van der Waals surface area contributed by atoms with Crippen molar-refractivity contribution in [2.75, 3.05) is 6.54 Å². The number of nitrogens with one attached hydrogen (secondary N) is 1. The number of rotatable bonds is 3. The molecule has 0 amide bonds. The van der Waals surface area contributed by atoms with Crippen LogP contribution in [0.4, 0.5) is 0 Å². The van der Waals surface area contributed by atoms with E-state index in [1.807, 2.05) is 0 Å². The van der Waals surface area contributed by atoms with Crippen LogP contribution in [0.1, 0.15) is 54.2 Å². The molecule has 0 aliphatic carbocycles. The van der Waals surface area contributed by atoms with Crippen molar-refractivity contribution in [1.82, 2.24) is 15.5 Å². The summed E-state index contributed by atoms with van der Waals surface area (Å²) in [5.74, 6) is 2.22. The second-order valence-corrected chi connectivity index (χ2v) is 6.36. The molecule has 0 spiro atoms. The molecule has 0 radical (unpaired) electrons. The summed E-state index contributed by atoms with van der Waals surface area (Å²) in [7, 11) is 0. The molecule has 1 N–H and O–H groups in total. The lowest BCUT2D eigenvalue weighted by Crippen LogP contribution is -2.30. The highest BCUT2D eigenvalue weighted by Gasteiger charge is 2.24. The third-order valence-electron chi connectivity index (χ3n) is 4.09. The number of aryl methyl sites for hydroxylation is 2. The minimum Gasteiger partial charge on any atom is -0.338 e. The average Bonchev–Trinajstić information content (AvgIpc) is 2.86. The van der Waals surface area contributed by atoms with Gasteiger partial charge in [0.15, 0.2) is 5.82 Å². The van der Waals surface area contributed by atoms with Gasteiger partial charge in [0.2, 0.25) is 5.89 Å². The lowest BCUT2D eigenvalue weighted by atomic mass is 9.94. The first-order valence-electron chi connectivity index (χ1n) is 7.73. The molecule has 4 nitrogen and oxygen atoms in total. The molecule has 2 heterocycles. The summed E-state index contributed by atoms with van der Waals surface area (Å²) in [5, 5.41) is 7.61. The standard InChI is InChI=1S/C17H23N3O/c1-11-4-5-18-15(9-11)17-19-16(20-21-17)10-14-7-12(2)6-13(3)8-14/h6-8,11,15,18H,4-5,9-10H2,1-3H3. The van der Waals surface area contributed by atoms with E-state index in [1.165, 1.54) is 23.1 Å². The van der Waals surface area contributed by atoms with Crippen molar-refractivity contribution in [3.8, 4) is 0 Å². The zero-order chi connectivity index (χ0) is 14.8. The van der Waals surface area contributed by atoms with Crippen LogP contribution in [-0.2, 0) is 6.42 Å². The normalized spacial score (nSPS) is 22.4. The number of piperidine rings is 1. The average molecular weight is 285 g/mol. The molecular weight excluding hydrogens is 262 g/mol. The summed E-state index contributed by atoms with van der Waals surface area (Å²) in [5.41, 5.74) is 3.79. The lowest BCUT2D eigenvalue weighted by molar-refractivity contribution is 0.259. The van der Waals surface area contributed by atoms with E-state index in [9.17, 15) is 0 Å². The smallest absolute Gasteiger partial charge is 0.243 e. The topological polar surface area (TPSA) is 51.0 Å². The minimum atomic E-state index is 0.217. The second-order valence-electron chi connectivity index (χ2n) is 6.36. The maximum Gasteiger partial charge on any atom is 0.243 e.